The zero-order valence-corrected chi connectivity index (χ0v) is 15.7. The van der Waals surface area contributed by atoms with E-state index in [2.05, 4.69) is 28.5 Å². The van der Waals surface area contributed by atoms with Crippen molar-refractivity contribution >= 4 is 17.7 Å². The Balaban J connectivity index is 1.50. The van der Waals surface area contributed by atoms with Crippen molar-refractivity contribution < 1.29 is 14.4 Å². The molecule has 2 saturated heterocycles. The minimum absolute atomic E-state index is 0.103. The zero-order chi connectivity index (χ0) is 19.0. The van der Waals surface area contributed by atoms with E-state index in [4.69, 9.17) is 0 Å². The van der Waals surface area contributed by atoms with E-state index in [9.17, 15) is 14.4 Å². The molecule has 0 aliphatic carbocycles. The number of hydrogen-bond donors (Lipinski definition) is 2. The summed E-state index contributed by atoms with van der Waals surface area (Å²) in [7, 11) is 0. The molecule has 2 unspecified atom stereocenters. The van der Waals surface area contributed by atoms with Crippen LogP contribution < -0.4 is 10.6 Å². The van der Waals surface area contributed by atoms with Gasteiger partial charge in [0.2, 0.25) is 11.8 Å². The molecule has 0 aromatic heterocycles. The van der Waals surface area contributed by atoms with Crippen LogP contribution in [-0.2, 0) is 22.7 Å². The average molecular weight is 370 g/mol. The van der Waals surface area contributed by atoms with Gasteiger partial charge in [-0.15, -0.1) is 0 Å². The molecule has 27 heavy (non-hydrogen) atoms. The first-order chi connectivity index (χ1) is 13.1. The molecular weight excluding hydrogens is 344 g/mol. The molecule has 1 aromatic carbocycles. The number of likely N-dealkylation sites (N-methyl/N-ethyl adjacent to an activating group) is 1. The Bertz CT molecular complexity index is 778. The van der Waals surface area contributed by atoms with Gasteiger partial charge >= 0.3 is 0 Å². The highest BCUT2D eigenvalue weighted by Crippen LogP contribution is 2.30. The van der Waals surface area contributed by atoms with Crippen molar-refractivity contribution in [2.24, 2.45) is 0 Å². The van der Waals surface area contributed by atoms with Gasteiger partial charge in [-0.1, -0.05) is 19.1 Å². The molecule has 0 bridgehead atoms. The lowest BCUT2D eigenvalue weighted by molar-refractivity contribution is -0.136. The third kappa shape index (κ3) is 3.49. The standard InChI is InChI=1S/C20H26N4O3/c1-2-21-14-8-9-23(11-14)10-13-4-3-5-15-16(13)12-24(20(15)27)17-6-7-18(25)22-19(17)26/h3-5,14,17,21H,2,6-12H2,1H3,(H,22,25,26). The van der Waals surface area contributed by atoms with Crippen LogP contribution in [0.1, 0.15) is 47.7 Å². The third-order valence-corrected chi connectivity index (χ3v) is 5.84. The van der Waals surface area contributed by atoms with Crippen molar-refractivity contribution in [2.75, 3.05) is 19.6 Å². The van der Waals surface area contributed by atoms with Gasteiger partial charge in [0.15, 0.2) is 0 Å². The van der Waals surface area contributed by atoms with Crippen LogP contribution in [0, 0.1) is 0 Å². The van der Waals surface area contributed by atoms with Gasteiger partial charge in [0.05, 0.1) is 0 Å². The van der Waals surface area contributed by atoms with Crippen molar-refractivity contribution in [1.29, 1.82) is 0 Å². The van der Waals surface area contributed by atoms with Crippen LogP contribution in [0.25, 0.3) is 0 Å². The van der Waals surface area contributed by atoms with Gasteiger partial charge < -0.3 is 10.2 Å². The van der Waals surface area contributed by atoms with Crippen LogP contribution in [-0.4, -0.2) is 59.2 Å². The third-order valence-electron chi connectivity index (χ3n) is 5.84. The summed E-state index contributed by atoms with van der Waals surface area (Å²) in [5.74, 6) is -0.722. The largest absolute Gasteiger partial charge is 0.322 e. The minimum atomic E-state index is -0.555. The molecule has 3 amide bonds. The highest BCUT2D eigenvalue weighted by Gasteiger charge is 2.39. The molecule has 0 radical (unpaired) electrons. The maximum Gasteiger partial charge on any atom is 0.255 e. The first kappa shape index (κ1) is 18.1. The summed E-state index contributed by atoms with van der Waals surface area (Å²) >= 11 is 0. The van der Waals surface area contributed by atoms with Gasteiger partial charge in [-0.05, 0) is 36.6 Å². The highest BCUT2D eigenvalue weighted by molar-refractivity contribution is 6.05. The van der Waals surface area contributed by atoms with Gasteiger partial charge in [0.25, 0.3) is 5.91 Å². The van der Waals surface area contributed by atoms with Crippen molar-refractivity contribution in [2.45, 2.75) is 51.4 Å². The summed E-state index contributed by atoms with van der Waals surface area (Å²) in [6, 6.07) is 5.84. The normalized spacial score (nSPS) is 25.8. The Morgan fingerprint density at radius 1 is 1.22 bits per heavy atom. The molecule has 2 atom stereocenters. The van der Waals surface area contributed by atoms with E-state index >= 15 is 0 Å². The molecule has 1 aromatic rings. The number of nitrogens with one attached hydrogen (secondary N) is 2. The molecule has 2 fully saturated rings. The lowest BCUT2D eigenvalue weighted by Crippen LogP contribution is -2.52. The predicted molar refractivity (Wildman–Crippen MR) is 99.8 cm³/mol. The molecule has 2 N–H and O–H groups in total. The number of likely N-dealkylation sites (tertiary alicyclic amines) is 1. The van der Waals surface area contributed by atoms with Gasteiger partial charge in [0.1, 0.15) is 6.04 Å². The maximum atomic E-state index is 12.9. The number of amides is 3. The summed E-state index contributed by atoms with van der Waals surface area (Å²) in [6.45, 7) is 6.44. The molecule has 3 aliphatic rings. The molecule has 7 heteroatoms. The summed E-state index contributed by atoms with van der Waals surface area (Å²) in [4.78, 5) is 40.5. The van der Waals surface area contributed by atoms with E-state index in [1.165, 1.54) is 0 Å². The minimum Gasteiger partial charge on any atom is -0.322 e. The Hall–Kier alpha value is -2.25. The van der Waals surface area contributed by atoms with Crippen molar-refractivity contribution in [3.8, 4) is 0 Å². The van der Waals surface area contributed by atoms with Crippen LogP contribution in [0.3, 0.4) is 0 Å². The summed E-state index contributed by atoms with van der Waals surface area (Å²) in [6.07, 6.45) is 1.82. The zero-order valence-electron chi connectivity index (χ0n) is 15.7. The van der Waals surface area contributed by atoms with E-state index in [1.54, 1.807) is 4.90 Å². The second-order valence-corrected chi connectivity index (χ2v) is 7.62. The van der Waals surface area contributed by atoms with Crippen LogP contribution in [0.2, 0.25) is 0 Å². The summed E-state index contributed by atoms with van der Waals surface area (Å²) in [5.41, 5.74) is 2.88. The van der Waals surface area contributed by atoms with Gasteiger partial charge in [-0.2, -0.15) is 0 Å². The number of rotatable bonds is 5. The number of hydrogen-bond acceptors (Lipinski definition) is 5. The molecule has 3 aliphatic heterocycles. The van der Waals surface area contributed by atoms with Gasteiger partial charge in [0, 0.05) is 44.2 Å². The highest BCUT2D eigenvalue weighted by atomic mass is 16.2. The number of carbonyl (C=O) groups excluding carboxylic acids is 3. The molecule has 0 saturated carbocycles. The Labute approximate surface area is 159 Å². The fourth-order valence-electron chi connectivity index (χ4n) is 4.47. The number of nitrogens with zero attached hydrogens (tertiary/aromatic N) is 2. The van der Waals surface area contributed by atoms with Crippen LogP contribution >= 0.6 is 0 Å². The Morgan fingerprint density at radius 3 is 2.85 bits per heavy atom. The predicted octanol–water partition coefficient (Wildman–Crippen LogP) is 0.631. The van der Waals surface area contributed by atoms with Crippen LogP contribution in [0.4, 0.5) is 0 Å². The monoisotopic (exact) mass is 370 g/mol. The van der Waals surface area contributed by atoms with Crippen molar-refractivity contribution in [3.05, 3.63) is 34.9 Å². The Kier molecular flexibility index (Phi) is 4.97. The first-order valence-electron chi connectivity index (χ1n) is 9.78. The van der Waals surface area contributed by atoms with E-state index in [1.807, 2.05) is 12.1 Å². The fraction of sp³-hybridized carbons (Fsp3) is 0.550. The number of imide groups is 1. The molecule has 3 heterocycles. The SMILES string of the molecule is CCNC1CCN(Cc2cccc3c2CN(C2CCC(=O)NC2=O)C3=O)C1. The molecule has 0 spiro atoms. The Morgan fingerprint density at radius 2 is 2.07 bits per heavy atom. The molecular formula is C20H26N4O3. The summed E-state index contributed by atoms with van der Waals surface area (Å²) in [5, 5.41) is 5.86. The van der Waals surface area contributed by atoms with E-state index in [0.717, 1.165) is 43.7 Å². The lowest BCUT2D eigenvalue weighted by Gasteiger charge is -2.29. The van der Waals surface area contributed by atoms with Gasteiger partial charge in [-0.25, -0.2) is 0 Å². The van der Waals surface area contributed by atoms with E-state index < -0.39 is 6.04 Å². The number of benzene rings is 1. The molecule has 4 rings (SSSR count). The number of fused-ring (bicyclic) bond motifs is 1. The summed E-state index contributed by atoms with van der Waals surface area (Å²) < 4.78 is 0. The fourth-order valence-corrected chi connectivity index (χ4v) is 4.47. The molecule has 7 nitrogen and oxygen atoms in total. The van der Waals surface area contributed by atoms with E-state index in [-0.39, 0.29) is 24.1 Å². The van der Waals surface area contributed by atoms with Crippen molar-refractivity contribution in [3.63, 3.8) is 0 Å². The molecule has 144 valence electrons. The lowest BCUT2D eigenvalue weighted by atomic mass is 10.0. The number of carbonyl (C=O) groups is 3. The van der Waals surface area contributed by atoms with Gasteiger partial charge in [-0.3, -0.25) is 24.6 Å². The topological polar surface area (TPSA) is 81.8 Å². The smallest absolute Gasteiger partial charge is 0.255 e. The van der Waals surface area contributed by atoms with Crippen LogP contribution in [0.15, 0.2) is 18.2 Å². The maximum absolute atomic E-state index is 12.9. The van der Waals surface area contributed by atoms with Crippen molar-refractivity contribution in [1.82, 2.24) is 20.4 Å². The quantitative estimate of drug-likeness (QED) is 0.743. The van der Waals surface area contributed by atoms with E-state index in [0.29, 0.717) is 24.6 Å². The first-order valence-corrected chi connectivity index (χ1v) is 9.78. The average Bonchev–Trinajstić information content (AvgIpc) is 3.21. The second kappa shape index (κ2) is 7.40. The second-order valence-electron chi connectivity index (χ2n) is 7.62. The number of piperidine rings is 1. The van der Waals surface area contributed by atoms with Crippen LogP contribution in [0.5, 0.6) is 0 Å².